The Morgan fingerprint density at radius 2 is 1.88 bits per heavy atom. The van der Waals surface area contributed by atoms with Gasteiger partial charge in [0.2, 0.25) is 11.1 Å². The summed E-state index contributed by atoms with van der Waals surface area (Å²) in [6, 6.07) is 7.86. The minimum absolute atomic E-state index is 0.0217. The number of nitrogens with one attached hydrogen (secondary N) is 1. The minimum Gasteiger partial charge on any atom is -0.349 e. The van der Waals surface area contributed by atoms with Crippen LogP contribution in [0.3, 0.4) is 0 Å². The van der Waals surface area contributed by atoms with Gasteiger partial charge in [-0.15, -0.1) is 10.2 Å². The Morgan fingerprint density at radius 3 is 2.47 bits per heavy atom. The first kappa shape index (κ1) is 23.3. The molecule has 0 radical (unpaired) electrons. The van der Waals surface area contributed by atoms with E-state index in [0.29, 0.717) is 17.6 Å². The van der Waals surface area contributed by atoms with E-state index in [2.05, 4.69) is 15.5 Å². The monoisotopic (exact) mass is 465 g/mol. The Labute approximate surface area is 185 Å². The standard InChI is InChI=1S/C20H18F3N5O3S/c1-11-4-6-15(8-12(11)2)27-18(10-24-13(3)29)25-26-19(27)32-17-7-5-14(20(21,22)23)9-16(17)28(30)31/h4-9H,10H2,1-3H3,(H,24,29). The lowest BCUT2D eigenvalue weighted by Crippen LogP contribution is -2.21. The average molecular weight is 465 g/mol. The molecule has 1 heterocycles. The van der Waals surface area contributed by atoms with Crippen LogP contribution in [0.25, 0.3) is 5.69 Å². The van der Waals surface area contributed by atoms with Crippen molar-refractivity contribution in [2.24, 2.45) is 0 Å². The number of alkyl halides is 3. The Balaban J connectivity index is 2.09. The molecule has 8 nitrogen and oxygen atoms in total. The molecule has 12 heteroatoms. The number of aryl methyl sites for hydroxylation is 2. The number of carbonyl (C=O) groups excluding carboxylic acids is 1. The lowest BCUT2D eigenvalue weighted by atomic mass is 10.1. The van der Waals surface area contributed by atoms with Crippen LogP contribution in [0.5, 0.6) is 0 Å². The maximum atomic E-state index is 13.0. The SMILES string of the molecule is CC(=O)NCc1nnc(Sc2ccc(C(F)(F)F)cc2[N+](=O)[O-])n1-c1ccc(C)c(C)c1. The second-order valence-electron chi connectivity index (χ2n) is 6.95. The quantitative estimate of drug-likeness (QED) is 0.422. The van der Waals surface area contributed by atoms with Crippen molar-refractivity contribution in [2.45, 2.75) is 43.5 Å². The predicted molar refractivity (Wildman–Crippen MR) is 111 cm³/mol. The molecule has 0 fully saturated rings. The number of carbonyl (C=O) groups is 1. The number of amides is 1. The lowest BCUT2D eigenvalue weighted by molar-refractivity contribution is -0.388. The molecule has 2 aromatic carbocycles. The van der Waals surface area contributed by atoms with Crippen LogP contribution in [-0.4, -0.2) is 25.6 Å². The summed E-state index contributed by atoms with van der Waals surface area (Å²) in [5, 5.41) is 22.4. The first-order valence-electron chi connectivity index (χ1n) is 9.27. The molecular formula is C20H18F3N5O3S. The van der Waals surface area contributed by atoms with Gasteiger partial charge in [-0.3, -0.25) is 19.5 Å². The normalized spacial score (nSPS) is 11.4. The van der Waals surface area contributed by atoms with E-state index < -0.39 is 22.4 Å². The summed E-state index contributed by atoms with van der Waals surface area (Å²) in [5.41, 5.74) is 0.852. The summed E-state index contributed by atoms with van der Waals surface area (Å²) in [7, 11) is 0. The van der Waals surface area contributed by atoms with E-state index in [0.717, 1.165) is 35.0 Å². The number of hydrogen-bond acceptors (Lipinski definition) is 6. The van der Waals surface area contributed by atoms with E-state index >= 15 is 0 Å². The zero-order chi connectivity index (χ0) is 23.6. The van der Waals surface area contributed by atoms with Gasteiger partial charge in [0.05, 0.1) is 21.9 Å². The molecule has 0 spiro atoms. The zero-order valence-corrected chi connectivity index (χ0v) is 18.0. The topological polar surface area (TPSA) is 103 Å². The molecule has 0 bridgehead atoms. The highest BCUT2D eigenvalue weighted by Gasteiger charge is 2.33. The molecule has 0 aliphatic heterocycles. The van der Waals surface area contributed by atoms with Gasteiger partial charge in [0.25, 0.3) is 5.69 Å². The van der Waals surface area contributed by atoms with Gasteiger partial charge in [0.1, 0.15) is 0 Å². The molecule has 1 aromatic heterocycles. The molecule has 1 N–H and O–H groups in total. The fourth-order valence-corrected chi connectivity index (χ4v) is 3.78. The lowest BCUT2D eigenvalue weighted by Gasteiger charge is -2.13. The summed E-state index contributed by atoms with van der Waals surface area (Å²) in [6.45, 7) is 5.23. The van der Waals surface area contributed by atoms with E-state index in [9.17, 15) is 28.1 Å². The van der Waals surface area contributed by atoms with Crippen molar-refractivity contribution in [3.8, 4) is 5.69 Å². The van der Waals surface area contributed by atoms with Crippen molar-refractivity contribution in [2.75, 3.05) is 0 Å². The van der Waals surface area contributed by atoms with E-state index in [-0.39, 0.29) is 22.5 Å². The summed E-state index contributed by atoms with van der Waals surface area (Å²) in [6.07, 6.45) is -4.71. The molecular weight excluding hydrogens is 447 g/mol. The van der Waals surface area contributed by atoms with Gasteiger partial charge in [0, 0.05) is 18.7 Å². The minimum atomic E-state index is -4.71. The number of aromatic nitrogens is 3. The zero-order valence-electron chi connectivity index (χ0n) is 17.2. The van der Waals surface area contributed by atoms with Gasteiger partial charge in [0.15, 0.2) is 5.82 Å². The maximum Gasteiger partial charge on any atom is 0.416 e. The Hall–Kier alpha value is -3.41. The molecule has 168 valence electrons. The first-order valence-corrected chi connectivity index (χ1v) is 10.1. The summed E-state index contributed by atoms with van der Waals surface area (Å²) in [5.74, 6) is 0.0766. The van der Waals surface area contributed by atoms with Crippen molar-refractivity contribution in [3.63, 3.8) is 0 Å². The van der Waals surface area contributed by atoms with Crippen molar-refractivity contribution in [3.05, 3.63) is 69.0 Å². The molecule has 1 amide bonds. The number of rotatable bonds is 6. The number of nitro groups is 1. The third-order valence-corrected chi connectivity index (χ3v) is 5.64. The van der Waals surface area contributed by atoms with Gasteiger partial charge >= 0.3 is 6.18 Å². The van der Waals surface area contributed by atoms with Crippen LogP contribution in [0.15, 0.2) is 46.5 Å². The molecule has 0 aliphatic rings. The smallest absolute Gasteiger partial charge is 0.349 e. The number of benzene rings is 2. The van der Waals surface area contributed by atoms with Gasteiger partial charge in [-0.25, -0.2) is 0 Å². The Kier molecular flexibility index (Phi) is 6.53. The van der Waals surface area contributed by atoms with Crippen LogP contribution in [-0.2, 0) is 17.5 Å². The van der Waals surface area contributed by atoms with Gasteiger partial charge < -0.3 is 5.32 Å². The van der Waals surface area contributed by atoms with Crippen LogP contribution in [0.2, 0.25) is 0 Å². The molecule has 3 aromatic rings. The highest BCUT2D eigenvalue weighted by Crippen LogP contribution is 2.39. The highest BCUT2D eigenvalue weighted by molar-refractivity contribution is 7.99. The van der Waals surface area contributed by atoms with Crippen molar-refractivity contribution >= 4 is 23.4 Å². The number of hydrogen-bond donors (Lipinski definition) is 1. The fourth-order valence-electron chi connectivity index (χ4n) is 2.83. The second kappa shape index (κ2) is 8.99. The van der Waals surface area contributed by atoms with Crippen molar-refractivity contribution in [1.82, 2.24) is 20.1 Å². The predicted octanol–water partition coefficient (Wildman–Crippen LogP) is 4.60. The maximum absolute atomic E-state index is 13.0. The molecule has 0 atom stereocenters. The second-order valence-corrected chi connectivity index (χ2v) is 7.96. The summed E-state index contributed by atoms with van der Waals surface area (Å²) in [4.78, 5) is 21.9. The van der Waals surface area contributed by atoms with Gasteiger partial charge in [-0.2, -0.15) is 13.2 Å². The molecule has 0 saturated heterocycles. The first-order chi connectivity index (χ1) is 15.0. The van der Waals surface area contributed by atoms with Crippen LogP contribution in [0, 0.1) is 24.0 Å². The van der Waals surface area contributed by atoms with Crippen LogP contribution < -0.4 is 5.32 Å². The van der Waals surface area contributed by atoms with Crippen LogP contribution in [0.1, 0.15) is 29.4 Å². The molecule has 0 unspecified atom stereocenters. The number of halogens is 3. The van der Waals surface area contributed by atoms with E-state index in [1.165, 1.54) is 6.92 Å². The van der Waals surface area contributed by atoms with Gasteiger partial charge in [-0.1, -0.05) is 6.07 Å². The summed E-state index contributed by atoms with van der Waals surface area (Å²) >= 11 is 0.816. The highest BCUT2D eigenvalue weighted by atomic mass is 32.2. The van der Waals surface area contributed by atoms with E-state index in [4.69, 9.17) is 0 Å². The molecule has 0 aliphatic carbocycles. The third kappa shape index (κ3) is 5.07. The van der Waals surface area contributed by atoms with E-state index in [1.54, 1.807) is 10.6 Å². The largest absolute Gasteiger partial charge is 0.416 e. The van der Waals surface area contributed by atoms with Crippen LogP contribution >= 0.6 is 11.8 Å². The summed E-state index contributed by atoms with van der Waals surface area (Å²) < 4.78 is 40.6. The van der Waals surface area contributed by atoms with E-state index in [1.807, 2.05) is 26.0 Å². The Morgan fingerprint density at radius 1 is 1.16 bits per heavy atom. The van der Waals surface area contributed by atoms with Gasteiger partial charge in [-0.05, 0) is 61.0 Å². The Bertz CT molecular complexity index is 1190. The fraction of sp³-hybridized carbons (Fsp3) is 0.250. The molecule has 32 heavy (non-hydrogen) atoms. The molecule has 0 saturated carbocycles. The average Bonchev–Trinajstić information content (AvgIpc) is 3.10. The van der Waals surface area contributed by atoms with Crippen molar-refractivity contribution in [1.29, 1.82) is 0 Å². The number of nitro benzene ring substituents is 1. The van der Waals surface area contributed by atoms with Crippen LogP contribution in [0.4, 0.5) is 18.9 Å². The third-order valence-electron chi connectivity index (χ3n) is 4.63. The van der Waals surface area contributed by atoms with Crippen molar-refractivity contribution < 1.29 is 22.9 Å². The molecule has 3 rings (SSSR count). The number of nitrogens with zero attached hydrogens (tertiary/aromatic N) is 4.